The number of nitrogens with two attached hydrogens (primary N) is 1. The van der Waals surface area contributed by atoms with Gasteiger partial charge in [0.25, 0.3) is 0 Å². The Morgan fingerprint density at radius 3 is 2.93 bits per heavy atom. The number of nitrogens with zero attached hydrogens (tertiary/aromatic N) is 1. The summed E-state index contributed by atoms with van der Waals surface area (Å²) in [7, 11) is 0. The van der Waals surface area contributed by atoms with Gasteiger partial charge >= 0.3 is 5.97 Å². The van der Waals surface area contributed by atoms with E-state index in [-0.39, 0.29) is 6.42 Å². The van der Waals surface area contributed by atoms with Crippen molar-refractivity contribution in [3.8, 4) is 0 Å². The lowest BCUT2D eigenvalue weighted by Gasteiger charge is -1.99. The third-order valence-corrected chi connectivity index (χ3v) is 2.63. The van der Waals surface area contributed by atoms with Crippen LogP contribution in [0.15, 0.2) is 23.2 Å². The van der Waals surface area contributed by atoms with Gasteiger partial charge in [0.1, 0.15) is 5.82 Å². The second-order valence-electron chi connectivity index (χ2n) is 2.76. The average Bonchev–Trinajstić information content (AvgIpc) is 2.15. The van der Waals surface area contributed by atoms with Crippen molar-refractivity contribution in [2.75, 3.05) is 11.5 Å². The maximum Gasteiger partial charge on any atom is 0.303 e. The van der Waals surface area contributed by atoms with Gasteiger partial charge < -0.3 is 10.8 Å². The first-order valence-corrected chi connectivity index (χ1v) is 5.23. The van der Waals surface area contributed by atoms with Crippen LogP contribution in [0, 0.1) is 0 Å². The summed E-state index contributed by atoms with van der Waals surface area (Å²) in [4.78, 5) is 15.2. The van der Waals surface area contributed by atoms with Crippen LogP contribution in [0.5, 0.6) is 0 Å². The number of hydrogen-bond donors (Lipinski definition) is 2. The number of rotatable bonds is 5. The van der Waals surface area contributed by atoms with Gasteiger partial charge in [-0.3, -0.25) is 4.79 Å². The Bertz CT molecular complexity index is 300. The van der Waals surface area contributed by atoms with Gasteiger partial charge in [-0.25, -0.2) is 4.98 Å². The molecule has 3 N–H and O–H groups in total. The summed E-state index contributed by atoms with van der Waals surface area (Å²) in [5, 5.41) is 8.41. The summed E-state index contributed by atoms with van der Waals surface area (Å²) in [5.41, 5.74) is 5.42. The number of anilines is 1. The molecule has 1 aromatic rings. The van der Waals surface area contributed by atoms with Crippen LogP contribution in [0.3, 0.4) is 0 Å². The molecule has 0 bridgehead atoms. The van der Waals surface area contributed by atoms with Crippen LogP contribution in [0.4, 0.5) is 5.82 Å². The Hall–Kier alpha value is -1.23. The summed E-state index contributed by atoms with van der Waals surface area (Å²) in [6, 6.07) is 3.62. The monoisotopic (exact) mass is 212 g/mol. The minimum atomic E-state index is -0.749. The van der Waals surface area contributed by atoms with Gasteiger partial charge in [-0.2, -0.15) is 0 Å². The maximum atomic E-state index is 10.2. The molecule has 0 saturated heterocycles. The second-order valence-corrected chi connectivity index (χ2v) is 3.93. The van der Waals surface area contributed by atoms with Crippen LogP contribution in [0.25, 0.3) is 0 Å². The minimum absolute atomic E-state index is 0.218. The van der Waals surface area contributed by atoms with Crippen molar-refractivity contribution in [1.29, 1.82) is 0 Å². The van der Waals surface area contributed by atoms with Crippen LogP contribution in [-0.2, 0) is 4.79 Å². The van der Waals surface area contributed by atoms with E-state index in [2.05, 4.69) is 4.98 Å². The molecule has 0 amide bonds. The first kappa shape index (κ1) is 10.8. The molecule has 0 fully saturated rings. The lowest BCUT2D eigenvalue weighted by atomic mass is 10.3. The first-order chi connectivity index (χ1) is 6.68. The molecule has 0 aliphatic rings. The zero-order valence-corrected chi connectivity index (χ0v) is 8.46. The van der Waals surface area contributed by atoms with Gasteiger partial charge in [-0.15, -0.1) is 11.8 Å². The Morgan fingerprint density at radius 2 is 2.36 bits per heavy atom. The number of carbonyl (C=O) groups is 1. The van der Waals surface area contributed by atoms with Gasteiger partial charge in [0.05, 0.1) is 0 Å². The summed E-state index contributed by atoms with van der Waals surface area (Å²) >= 11 is 1.59. The number of pyridine rings is 1. The molecule has 0 radical (unpaired) electrons. The third kappa shape index (κ3) is 4.13. The number of aromatic nitrogens is 1. The Kier molecular flexibility index (Phi) is 4.25. The van der Waals surface area contributed by atoms with Gasteiger partial charge in [-0.05, 0) is 24.3 Å². The quantitative estimate of drug-likeness (QED) is 0.573. The van der Waals surface area contributed by atoms with Gasteiger partial charge in [-0.1, -0.05) is 0 Å². The molecule has 0 unspecified atom stereocenters. The lowest BCUT2D eigenvalue weighted by molar-refractivity contribution is -0.137. The van der Waals surface area contributed by atoms with Gasteiger partial charge in [0.15, 0.2) is 0 Å². The zero-order chi connectivity index (χ0) is 10.4. The van der Waals surface area contributed by atoms with E-state index in [0.717, 1.165) is 10.6 Å². The summed E-state index contributed by atoms with van der Waals surface area (Å²) in [6.07, 6.45) is 2.58. The van der Waals surface area contributed by atoms with Gasteiger partial charge in [0.2, 0.25) is 0 Å². The highest BCUT2D eigenvalue weighted by Gasteiger charge is 1.98. The van der Waals surface area contributed by atoms with Gasteiger partial charge in [0, 0.05) is 17.5 Å². The summed E-state index contributed by atoms with van der Waals surface area (Å²) < 4.78 is 0. The van der Waals surface area contributed by atoms with Crippen LogP contribution in [-0.4, -0.2) is 21.8 Å². The standard InChI is InChI=1S/C9H12N2O2S/c10-8-4-3-7(6-11-8)14-5-1-2-9(12)13/h3-4,6H,1-2,5H2,(H2,10,11)(H,12,13). The second kappa shape index (κ2) is 5.49. The fourth-order valence-electron chi connectivity index (χ4n) is 0.891. The third-order valence-electron chi connectivity index (χ3n) is 1.56. The topological polar surface area (TPSA) is 76.2 Å². The van der Waals surface area contributed by atoms with E-state index < -0.39 is 5.97 Å². The number of carboxylic acid groups (broad SMARTS) is 1. The lowest BCUT2D eigenvalue weighted by Crippen LogP contribution is -1.95. The van der Waals surface area contributed by atoms with Crippen LogP contribution < -0.4 is 5.73 Å². The van der Waals surface area contributed by atoms with Crippen molar-refractivity contribution < 1.29 is 9.90 Å². The molecule has 1 heterocycles. The van der Waals surface area contributed by atoms with E-state index in [4.69, 9.17) is 10.8 Å². The zero-order valence-electron chi connectivity index (χ0n) is 7.64. The SMILES string of the molecule is Nc1ccc(SCCCC(=O)O)cn1. The van der Waals surface area contributed by atoms with Crippen molar-refractivity contribution in [3.63, 3.8) is 0 Å². The Labute approximate surface area is 86.5 Å². The van der Waals surface area contributed by atoms with E-state index in [1.165, 1.54) is 0 Å². The molecule has 76 valence electrons. The predicted octanol–water partition coefficient (Wildman–Crippen LogP) is 1.62. The number of nitrogen functional groups attached to an aromatic ring is 1. The molecule has 0 saturated carbocycles. The summed E-state index contributed by atoms with van der Waals surface area (Å²) in [5.74, 6) is 0.540. The molecule has 1 aromatic heterocycles. The fourth-order valence-corrected chi connectivity index (χ4v) is 1.71. The van der Waals surface area contributed by atoms with Crippen molar-refractivity contribution >= 4 is 23.5 Å². The molecular weight excluding hydrogens is 200 g/mol. The number of hydrogen-bond acceptors (Lipinski definition) is 4. The van der Waals surface area contributed by atoms with Crippen molar-refractivity contribution in [2.24, 2.45) is 0 Å². The van der Waals surface area contributed by atoms with E-state index >= 15 is 0 Å². The average molecular weight is 212 g/mol. The van der Waals surface area contributed by atoms with Crippen LogP contribution >= 0.6 is 11.8 Å². The fraction of sp³-hybridized carbons (Fsp3) is 0.333. The van der Waals surface area contributed by atoms with Crippen molar-refractivity contribution in [3.05, 3.63) is 18.3 Å². The largest absolute Gasteiger partial charge is 0.481 e. The highest BCUT2D eigenvalue weighted by Crippen LogP contribution is 2.18. The molecular formula is C9H12N2O2S. The molecule has 0 aliphatic heterocycles. The molecule has 5 heteroatoms. The molecule has 1 rings (SSSR count). The molecule has 4 nitrogen and oxygen atoms in total. The smallest absolute Gasteiger partial charge is 0.303 e. The van der Waals surface area contributed by atoms with E-state index in [0.29, 0.717) is 12.2 Å². The number of carboxylic acids is 1. The minimum Gasteiger partial charge on any atom is -0.481 e. The molecule has 0 spiro atoms. The first-order valence-electron chi connectivity index (χ1n) is 4.24. The molecule has 0 aromatic carbocycles. The molecule has 0 aliphatic carbocycles. The predicted molar refractivity (Wildman–Crippen MR) is 56.2 cm³/mol. The molecule has 14 heavy (non-hydrogen) atoms. The Balaban J connectivity index is 2.25. The highest BCUT2D eigenvalue weighted by atomic mass is 32.2. The van der Waals surface area contributed by atoms with Crippen LogP contribution in [0.1, 0.15) is 12.8 Å². The normalized spacial score (nSPS) is 10.0. The Morgan fingerprint density at radius 1 is 1.57 bits per heavy atom. The van der Waals surface area contributed by atoms with E-state index in [1.54, 1.807) is 24.0 Å². The summed E-state index contributed by atoms with van der Waals surface area (Å²) in [6.45, 7) is 0. The van der Waals surface area contributed by atoms with Crippen molar-refractivity contribution in [2.45, 2.75) is 17.7 Å². The van der Waals surface area contributed by atoms with Crippen LogP contribution in [0.2, 0.25) is 0 Å². The molecule has 0 atom stereocenters. The maximum absolute atomic E-state index is 10.2. The van der Waals surface area contributed by atoms with E-state index in [9.17, 15) is 4.79 Å². The highest BCUT2D eigenvalue weighted by molar-refractivity contribution is 7.99. The number of thioether (sulfide) groups is 1. The van der Waals surface area contributed by atoms with E-state index in [1.807, 2.05) is 6.07 Å². The number of aliphatic carboxylic acids is 1. The van der Waals surface area contributed by atoms with Crippen molar-refractivity contribution in [1.82, 2.24) is 4.98 Å².